The Morgan fingerprint density at radius 3 is 1.49 bits per heavy atom. The van der Waals surface area contributed by atoms with Crippen LogP contribution in [0.4, 0.5) is 0 Å². The van der Waals surface area contributed by atoms with Crippen molar-refractivity contribution >= 4 is 51.7 Å². The minimum Gasteiger partial charge on any atom is -0.463 e. The van der Waals surface area contributed by atoms with Crippen molar-refractivity contribution < 1.29 is 76.5 Å². The number of carbonyl (C=O) groups excluding carboxylic acids is 6. The predicted molar refractivity (Wildman–Crippen MR) is 133 cm³/mol. The van der Waals surface area contributed by atoms with Gasteiger partial charge in [-0.2, -0.15) is 0 Å². The zero-order valence-electron chi connectivity index (χ0n) is 23.1. The largest absolute Gasteiger partial charge is 0.463 e. The molecule has 0 aromatic heterocycles. The van der Waals surface area contributed by atoms with Gasteiger partial charge >= 0.3 is 35.8 Å². The normalized spacial score (nSPS) is 33.1. The van der Waals surface area contributed by atoms with E-state index in [2.05, 4.69) is 15.9 Å². The van der Waals surface area contributed by atoms with Crippen molar-refractivity contribution in [3.05, 3.63) is 0 Å². The van der Waals surface area contributed by atoms with E-state index >= 15 is 0 Å². The van der Waals surface area contributed by atoms with E-state index in [0.717, 1.165) is 41.5 Å². The highest BCUT2D eigenvalue weighted by Crippen LogP contribution is 2.34. The Hall–Kier alpha value is -2.86. The first-order valence-corrected chi connectivity index (χ1v) is 13.5. The van der Waals surface area contributed by atoms with Crippen LogP contribution < -0.4 is 0 Å². The van der Waals surface area contributed by atoms with Crippen LogP contribution in [0, 0.1) is 0 Å². The van der Waals surface area contributed by atoms with Crippen LogP contribution in [-0.2, 0) is 71.4 Å². The fourth-order valence-electron chi connectivity index (χ4n) is 4.20. The SMILES string of the molecule is CC(=O)OCC1O[C@H](OC(C)=O)C(OC(C)=O)[C@@H](OC(C)=O)[C@@H]1O[C@H]1OC(CBr)[C@@H](O)[C@H](OC(C)=O)C1OC(C)=O. The summed E-state index contributed by atoms with van der Waals surface area (Å²) in [4.78, 5) is 71.4. The topological polar surface area (TPSA) is 206 Å². The molecule has 4 unspecified atom stereocenters. The number of aliphatic hydroxyl groups is 1. The fourth-order valence-corrected chi connectivity index (χ4v) is 4.74. The number of aliphatic hydroxyl groups excluding tert-OH is 1. The fraction of sp³-hybridized carbons (Fsp3) is 0.750. The maximum absolute atomic E-state index is 12.2. The number of hydrogen-bond acceptors (Lipinski definition) is 16. The van der Waals surface area contributed by atoms with Gasteiger partial charge in [0, 0.05) is 46.9 Å². The average Bonchev–Trinajstić information content (AvgIpc) is 2.83. The molecule has 232 valence electrons. The van der Waals surface area contributed by atoms with Crippen LogP contribution in [0.2, 0.25) is 0 Å². The lowest BCUT2D eigenvalue weighted by Gasteiger charge is -2.48. The maximum atomic E-state index is 12.2. The summed E-state index contributed by atoms with van der Waals surface area (Å²) in [6, 6.07) is 0. The second-order valence-corrected chi connectivity index (χ2v) is 9.69. The smallest absolute Gasteiger partial charge is 0.305 e. The summed E-state index contributed by atoms with van der Waals surface area (Å²) in [7, 11) is 0. The number of hydrogen-bond donors (Lipinski definition) is 1. The van der Waals surface area contributed by atoms with Crippen LogP contribution in [0.15, 0.2) is 0 Å². The molecule has 0 radical (unpaired) electrons. The lowest BCUT2D eigenvalue weighted by atomic mass is 9.96. The molecule has 0 aromatic carbocycles. The monoisotopic (exact) mass is 656 g/mol. The molecule has 1 N–H and O–H groups in total. The van der Waals surface area contributed by atoms with Gasteiger partial charge in [-0.1, -0.05) is 15.9 Å². The highest BCUT2D eigenvalue weighted by atomic mass is 79.9. The number of halogens is 1. The summed E-state index contributed by atoms with van der Waals surface area (Å²) in [6.07, 6.45) is -14.9. The van der Waals surface area contributed by atoms with Crippen LogP contribution in [0.3, 0.4) is 0 Å². The molecule has 2 fully saturated rings. The van der Waals surface area contributed by atoms with E-state index in [-0.39, 0.29) is 5.33 Å². The Labute approximate surface area is 243 Å². The Bertz CT molecular complexity index is 987. The van der Waals surface area contributed by atoms with Crippen molar-refractivity contribution in [2.45, 2.75) is 103 Å². The minimum atomic E-state index is -1.64. The van der Waals surface area contributed by atoms with Gasteiger partial charge < -0.3 is 47.7 Å². The molecule has 0 aliphatic carbocycles. The Morgan fingerprint density at radius 1 is 0.585 bits per heavy atom. The lowest BCUT2D eigenvalue weighted by Crippen LogP contribution is -2.66. The number of esters is 6. The molecular formula is C24H33BrO16. The first kappa shape index (κ1) is 34.3. The number of alkyl halides is 1. The molecule has 2 saturated heterocycles. The van der Waals surface area contributed by atoms with E-state index in [1.54, 1.807) is 0 Å². The molecule has 0 spiro atoms. The van der Waals surface area contributed by atoms with E-state index in [1.165, 1.54) is 0 Å². The molecule has 41 heavy (non-hydrogen) atoms. The van der Waals surface area contributed by atoms with Crippen LogP contribution >= 0.6 is 15.9 Å². The number of carbonyl (C=O) groups is 6. The summed E-state index contributed by atoms with van der Waals surface area (Å²) in [6.45, 7) is 5.85. The molecule has 2 heterocycles. The highest BCUT2D eigenvalue weighted by Gasteiger charge is 2.56. The van der Waals surface area contributed by atoms with Gasteiger partial charge in [-0.3, -0.25) is 28.8 Å². The van der Waals surface area contributed by atoms with Gasteiger partial charge in [0.15, 0.2) is 24.6 Å². The van der Waals surface area contributed by atoms with E-state index in [1.807, 2.05) is 0 Å². The van der Waals surface area contributed by atoms with Crippen LogP contribution in [-0.4, -0.2) is 114 Å². The molecule has 10 atom stereocenters. The van der Waals surface area contributed by atoms with Crippen molar-refractivity contribution in [2.24, 2.45) is 0 Å². The van der Waals surface area contributed by atoms with E-state index in [0.29, 0.717) is 0 Å². The Kier molecular flexibility index (Phi) is 12.9. The van der Waals surface area contributed by atoms with Gasteiger partial charge in [-0.15, -0.1) is 0 Å². The molecule has 0 saturated carbocycles. The molecule has 0 aromatic rings. The Morgan fingerprint density at radius 2 is 1.02 bits per heavy atom. The third-order valence-electron chi connectivity index (χ3n) is 5.59. The molecule has 16 nitrogen and oxygen atoms in total. The summed E-state index contributed by atoms with van der Waals surface area (Å²) in [5.41, 5.74) is 0. The summed E-state index contributed by atoms with van der Waals surface area (Å²) < 4.78 is 49.2. The van der Waals surface area contributed by atoms with E-state index in [9.17, 15) is 33.9 Å². The van der Waals surface area contributed by atoms with Gasteiger partial charge in [0.1, 0.15) is 31.0 Å². The predicted octanol–water partition coefficient (Wildman–Crippen LogP) is -0.570. The van der Waals surface area contributed by atoms with Gasteiger partial charge in [-0.25, -0.2) is 0 Å². The Balaban J connectivity index is 2.61. The first-order chi connectivity index (χ1) is 19.1. The molecule has 17 heteroatoms. The average molecular weight is 657 g/mol. The summed E-state index contributed by atoms with van der Waals surface area (Å²) in [5.74, 6) is -4.98. The van der Waals surface area contributed by atoms with Crippen LogP contribution in [0.1, 0.15) is 41.5 Å². The highest BCUT2D eigenvalue weighted by molar-refractivity contribution is 9.09. The standard InChI is InChI=1S/C24H33BrO16/c1-9(26)33-8-16-18(20(35-11(3)28)22(37-13(5)30)23(40-16)38-14(6)31)41-24-21(36-12(4)29)19(34-10(2)27)17(32)15(7-25)39-24/h15-24,32H,7-8H2,1-6H3/t15?,16?,17-,18-,19+,20+,21?,22?,23+,24-/m1/s1. The quantitative estimate of drug-likeness (QED) is 0.177. The molecule has 0 amide bonds. The molecule has 0 bridgehead atoms. The zero-order chi connectivity index (χ0) is 31.0. The van der Waals surface area contributed by atoms with Gasteiger partial charge in [-0.05, 0) is 0 Å². The second-order valence-electron chi connectivity index (χ2n) is 9.04. The van der Waals surface area contributed by atoms with Gasteiger partial charge in [0.2, 0.25) is 12.4 Å². The van der Waals surface area contributed by atoms with E-state index in [4.69, 9.17) is 42.6 Å². The summed E-state index contributed by atoms with van der Waals surface area (Å²) >= 11 is 3.19. The van der Waals surface area contributed by atoms with Crippen molar-refractivity contribution in [3.8, 4) is 0 Å². The number of rotatable bonds is 10. The molecule has 2 aliphatic heterocycles. The minimum absolute atomic E-state index is 0.00853. The first-order valence-electron chi connectivity index (χ1n) is 12.3. The third kappa shape index (κ3) is 9.88. The zero-order valence-corrected chi connectivity index (χ0v) is 24.7. The lowest BCUT2D eigenvalue weighted by molar-refractivity contribution is -0.354. The molecular weight excluding hydrogens is 624 g/mol. The van der Waals surface area contributed by atoms with Crippen LogP contribution in [0.25, 0.3) is 0 Å². The third-order valence-corrected chi connectivity index (χ3v) is 6.23. The maximum Gasteiger partial charge on any atom is 0.305 e. The van der Waals surface area contributed by atoms with Gasteiger partial charge in [0.05, 0.1) is 0 Å². The van der Waals surface area contributed by atoms with Crippen molar-refractivity contribution in [1.82, 2.24) is 0 Å². The van der Waals surface area contributed by atoms with Crippen molar-refractivity contribution in [3.63, 3.8) is 0 Å². The summed E-state index contributed by atoms with van der Waals surface area (Å²) in [5, 5.41) is 10.8. The van der Waals surface area contributed by atoms with Crippen molar-refractivity contribution in [1.29, 1.82) is 0 Å². The molecule has 2 aliphatic rings. The number of ether oxygens (including phenoxy) is 9. The van der Waals surface area contributed by atoms with Crippen molar-refractivity contribution in [2.75, 3.05) is 11.9 Å². The second kappa shape index (κ2) is 15.4. The van der Waals surface area contributed by atoms with E-state index < -0.39 is 104 Å². The van der Waals surface area contributed by atoms with Gasteiger partial charge in [0.25, 0.3) is 0 Å². The molecule has 2 rings (SSSR count). The van der Waals surface area contributed by atoms with Crippen LogP contribution in [0.5, 0.6) is 0 Å².